The maximum Gasteiger partial charge on any atom is 0.237 e. The molecule has 0 aromatic rings. The van der Waals surface area contributed by atoms with E-state index in [4.69, 9.17) is 5.73 Å². The Morgan fingerprint density at radius 2 is 1.94 bits per heavy atom. The predicted octanol–water partition coefficient (Wildman–Crippen LogP) is 2.30. The van der Waals surface area contributed by atoms with Crippen molar-refractivity contribution in [3.8, 4) is 0 Å². The average Bonchev–Trinajstić information content (AvgIpc) is 2.22. The van der Waals surface area contributed by atoms with Crippen LogP contribution in [0.2, 0.25) is 0 Å². The molecule has 0 aliphatic heterocycles. The zero-order valence-electron chi connectivity index (χ0n) is 11.7. The topological polar surface area (TPSA) is 55.1 Å². The van der Waals surface area contributed by atoms with Gasteiger partial charge < -0.3 is 11.1 Å². The van der Waals surface area contributed by atoms with Gasteiger partial charge in [-0.15, -0.1) is 0 Å². The highest BCUT2D eigenvalue weighted by molar-refractivity contribution is 5.81. The Hall–Kier alpha value is -0.570. The van der Waals surface area contributed by atoms with Crippen molar-refractivity contribution >= 4 is 5.91 Å². The Bertz CT molecular complexity index is 253. The smallest absolute Gasteiger partial charge is 0.237 e. The number of nitrogens with two attached hydrogens (primary N) is 1. The lowest BCUT2D eigenvalue weighted by atomic mass is 9.79. The number of carbonyl (C=O) groups is 1. The second-order valence-electron chi connectivity index (χ2n) is 6.21. The molecule has 3 heteroatoms. The molecule has 1 rings (SSSR count). The first kappa shape index (κ1) is 14.5. The lowest BCUT2D eigenvalue weighted by molar-refractivity contribution is -0.123. The molecule has 0 spiro atoms. The third-order valence-corrected chi connectivity index (χ3v) is 4.01. The number of carbonyl (C=O) groups excluding carboxylic acids is 1. The SMILES string of the molecule is CC(C)CC(N)C(=O)NC1CCC(C)C(C)C1. The van der Waals surface area contributed by atoms with Gasteiger partial charge in [0, 0.05) is 6.04 Å². The summed E-state index contributed by atoms with van der Waals surface area (Å²) in [5.74, 6) is 1.99. The molecule has 0 radical (unpaired) electrons. The van der Waals surface area contributed by atoms with Crippen LogP contribution in [0.15, 0.2) is 0 Å². The van der Waals surface area contributed by atoms with Crippen LogP contribution in [-0.2, 0) is 4.79 Å². The fourth-order valence-electron chi connectivity index (χ4n) is 2.60. The second-order valence-corrected chi connectivity index (χ2v) is 6.21. The van der Waals surface area contributed by atoms with E-state index in [-0.39, 0.29) is 11.9 Å². The van der Waals surface area contributed by atoms with E-state index in [1.165, 1.54) is 6.42 Å². The summed E-state index contributed by atoms with van der Waals surface area (Å²) in [7, 11) is 0. The van der Waals surface area contributed by atoms with Crippen molar-refractivity contribution in [2.24, 2.45) is 23.5 Å². The van der Waals surface area contributed by atoms with Gasteiger partial charge >= 0.3 is 0 Å². The van der Waals surface area contributed by atoms with E-state index < -0.39 is 0 Å². The standard InChI is InChI=1S/C14H28N2O/c1-9(2)7-13(15)14(17)16-12-6-5-10(3)11(4)8-12/h9-13H,5-8,15H2,1-4H3,(H,16,17). The Morgan fingerprint density at radius 1 is 1.29 bits per heavy atom. The second kappa shape index (κ2) is 6.39. The summed E-state index contributed by atoms with van der Waals surface area (Å²) >= 11 is 0. The minimum Gasteiger partial charge on any atom is -0.352 e. The summed E-state index contributed by atoms with van der Waals surface area (Å²) in [4.78, 5) is 11.9. The number of hydrogen-bond acceptors (Lipinski definition) is 2. The molecule has 0 aromatic carbocycles. The summed E-state index contributed by atoms with van der Waals surface area (Å²) in [5.41, 5.74) is 5.89. The van der Waals surface area contributed by atoms with Gasteiger partial charge in [0.2, 0.25) is 5.91 Å². The minimum absolute atomic E-state index is 0.0328. The highest BCUT2D eigenvalue weighted by atomic mass is 16.2. The van der Waals surface area contributed by atoms with E-state index in [9.17, 15) is 4.79 Å². The van der Waals surface area contributed by atoms with E-state index in [0.29, 0.717) is 17.9 Å². The zero-order chi connectivity index (χ0) is 13.0. The van der Waals surface area contributed by atoms with Gasteiger partial charge in [-0.25, -0.2) is 0 Å². The summed E-state index contributed by atoms with van der Waals surface area (Å²) < 4.78 is 0. The molecule has 0 aromatic heterocycles. The molecule has 100 valence electrons. The molecule has 1 aliphatic rings. The summed E-state index contributed by atoms with van der Waals surface area (Å²) in [6.45, 7) is 8.76. The molecular weight excluding hydrogens is 212 g/mol. The number of hydrogen-bond donors (Lipinski definition) is 2. The van der Waals surface area contributed by atoms with Crippen LogP contribution >= 0.6 is 0 Å². The average molecular weight is 240 g/mol. The maximum atomic E-state index is 11.9. The molecule has 3 nitrogen and oxygen atoms in total. The van der Waals surface area contributed by atoms with Crippen LogP contribution in [0.3, 0.4) is 0 Å². The lowest BCUT2D eigenvalue weighted by Gasteiger charge is -2.33. The predicted molar refractivity (Wildman–Crippen MR) is 71.5 cm³/mol. The number of rotatable bonds is 4. The first-order valence-electron chi connectivity index (χ1n) is 6.96. The van der Waals surface area contributed by atoms with Crippen LogP contribution in [0.4, 0.5) is 0 Å². The highest BCUT2D eigenvalue weighted by Crippen LogP contribution is 2.29. The molecular formula is C14H28N2O. The maximum absolute atomic E-state index is 11.9. The van der Waals surface area contributed by atoms with Gasteiger partial charge in [-0.05, 0) is 43.4 Å². The number of nitrogens with one attached hydrogen (secondary N) is 1. The first-order valence-corrected chi connectivity index (χ1v) is 6.96. The molecule has 0 heterocycles. The molecule has 17 heavy (non-hydrogen) atoms. The van der Waals surface area contributed by atoms with Crippen molar-refractivity contribution in [1.82, 2.24) is 5.32 Å². The minimum atomic E-state index is -0.343. The number of amides is 1. The van der Waals surface area contributed by atoms with Crippen LogP contribution in [-0.4, -0.2) is 18.0 Å². The van der Waals surface area contributed by atoms with Gasteiger partial charge in [-0.1, -0.05) is 27.7 Å². The van der Waals surface area contributed by atoms with Crippen LogP contribution < -0.4 is 11.1 Å². The van der Waals surface area contributed by atoms with Gasteiger partial charge in [-0.2, -0.15) is 0 Å². The van der Waals surface area contributed by atoms with Crippen LogP contribution in [0.1, 0.15) is 53.4 Å². The van der Waals surface area contributed by atoms with Crippen LogP contribution in [0, 0.1) is 17.8 Å². The lowest BCUT2D eigenvalue weighted by Crippen LogP contribution is -2.47. The fraction of sp³-hybridized carbons (Fsp3) is 0.929. The Morgan fingerprint density at radius 3 is 2.47 bits per heavy atom. The van der Waals surface area contributed by atoms with E-state index in [2.05, 4.69) is 33.0 Å². The first-order chi connectivity index (χ1) is 7.90. The van der Waals surface area contributed by atoms with Gasteiger partial charge in [0.05, 0.1) is 6.04 Å². The normalized spacial score (nSPS) is 31.3. The summed E-state index contributed by atoms with van der Waals surface area (Å²) in [6.07, 6.45) is 4.18. The van der Waals surface area contributed by atoms with Gasteiger partial charge in [0.1, 0.15) is 0 Å². The molecule has 3 N–H and O–H groups in total. The van der Waals surface area contributed by atoms with Crippen LogP contribution in [0.5, 0.6) is 0 Å². The van der Waals surface area contributed by atoms with E-state index >= 15 is 0 Å². The molecule has 4 atom stereocenters. The Labute approximate surface area is 106 Å². The summed E-state index contributed by atoms with van der Waals surface area (Å²) in [6, 6.07) is -0.00318. The van der Waals surface area contributed by atoms with Crippen molar-refractivity contribution in [3.05, 3.63) is 0 Å². The van der Waals surface area contributed by atoms with E-state index in [1.54, 1.807) is 0 Å². The van der Waals surface area contributed by atoms with Gasteiger partial charge in [0.25, 0.3) is 0 Å². The van der Waals surface area contributed by atoms with Crippen molar-refractivity contribution in [3.63, 3.8) is 0 Å². The quantitative estimate of drug-likeness (QED) is 0.792. The highest BCUT2D eigenvalue weighted by Gasteiger charge is 2.26. The largest absolute Gasteiger partial charge is 0.352 e. The zero-order valence-corrected chi connectivity index (χ0v) is 11.7. The van der Waals surface area contributed by atoms with Crippen molar-refractivity contribution in [1.29, 1.82) is 0 Å². The third kappa shape index (κ3) is 4.66. The molecule has 4 unspecified atom stereocenters. The fourth-order valence-corrected chi connectivity index (χ4v) is 2.60. The summed E-state index contributed by atoms with van der Waals surface area (Å²) in [5, 5.41) is 3.11. The molecule has 1 aliphatic carbocycles. The third-order valence-electron chi connectivity index (χ3n) is 4.01. The molecule has 1 fully saturated rings. The van der Waals surface area contributed by atoms with Crippen molar-refractivity contribution in [2.75, 3.05) is 0 Å². The Kier molecular flexibility index (Phi) is 5.44. The monoisotopic (exact) mass is 240 g/mol. The van der Waals surface area contributed by atoms with E-state index in [1.807, 2.05) is 0 Å². The molecule has 0 bridgehead atoms. The molecule has 1 amide bonds. The van der Waals surface area contributed by atoms with Gasteiger partial charge in [-0.3, -0.25) is 4.79 Å². The Balaban J connectivity index is 2.36. The molecule has 0 saturated heterocycles. The van der Waals surface area contributed by atoms with Crippen LogP contribution in [0.25, 0.3) is 0 Å². The van der Waals surface area contributed by atoms with Gasteiger partial charge in [0.15, 0.2) is 0 Å². The van der Waals surface area contributed by atoms with E-state index in [0.717, 1.165) is 25.2 Å². The van der Waals surface area contributed by atoms with Crippen molar-refractivity contribution in [2.45, 2.75) is 65.5 Å². The van der Waals surface area contributed by atoms with Crippen molar-refractivity contribution < 1.29 is 4.79 Å². The molecule has 1 saturated carbocycles.